The van der Waals surface area contributed by atoms with Crippen molar-refractivity contribution in [3.8, 4) is 0 Å². The molecular weight excluding hydrogens is 352 g/mol. The zero-order chi connectivity index (χ0) is 21.0. The Kier molecular flexibility index (Phi) is 17.4. The highest BCUT2D eigenvalue weighted by molar-refractivity contribution is 4.84. The molecule has 0 atom stereocenters. The fourth-order valence-corrected chi connectivity index (χ4v) is 4.44. The Morgan fingerprint density at radius 2 is 1.07 bits per heavy atom. The number of unbranched alkanes of at least 4 members (excludes halogenated alkanes) is 15. The minimum absolute atomic E-state index is 1.17. The third-order valence-corrected chi connectivity index (χ3v) is 6.31. The summed E-state index contributed by atoms with van der Waals surface area (Å²) in [7, 11) is 0. The van der Waals surface area contributed by atoms with E-state index < -0.39 is 0 Å². The molecule has 0 spiro atoms. The number of rotatable bonds is 21. The summed E-state index contributed by atoms with van der Waals surface area (Å²) >= 11 is 0. The Hall–Kier alpha value is -0.790. The molecular formula is C27H53N2+. The van der Waals surface area contributed by atoms with Crippen LogP contribution in [0.5, 0.6) is 0 Å². The number of imidazole rings is 1. The lowest BCUT2D eigenvalue weighted by Gasteiger charge is -2.05. The summed E-state index contributed by atoms with van der Waals surface area (Å²) in [6.45, 7) is 9.28. The fourth-order valence-electron chi connectivity index (χ4n) is 4.44. The minimum Gasteiger partial charge on any atom is -0.234 e. The van der Waals surface area contributed by atoms with Gasteiger partial charge in [0.1, 0.15) is 12.4 Å². The lowest BCUT2D eigenvalue weighted by atomic mass is 10.0. The summed E-state index contributed by atoms with van der Waals surface area (Å²) in [5, 5.41) is 0. The Labute approximate surface area is 183 Å². The van der Waals surface area contributed by atoms with Crippen LogP contribution >= 0.6 is 0 Å². The van der Waals surface area contributed by atoms with E-state index in [2.05, 4.69) is 42.3 Å². The molecule has 0 aliphatic rings. The number of hydrogen-bond acceptors (Lipinski definition) is 0. The molecule has 0 bridgehead atoms. The Morgan fingerprint density at radius 1 is 0.586 bits per heavy atom. The standard InChI is InChI=1S/C27H53N2/c1-4-7-9-10-11-12-13-14-15-16-17-18-19-21-24-29-26-25-28(23-6-3)27(29)22-20-8-5-2/h25-26H,4-24H2,1-3H3/q+1. The zero-order valence-electron chi connectivity index (χ0n) is 20.4. The first-order valence-electron chi connectivity index (χ1n) is 13.4. The highest BCUT2D eigenvalue weighted by atomic mass is 15.1. The van der Waals surface area contributed by atoms with E-state index in [4.69, 9.17) is 0 Å². The maximum absolute atomic E-state index is 2.55. The van der Waals surface area contributed by atoms with Gasteiger partial charge in [0.25, 0.3) is 5.82 Å². The summed E-state index contributed by atoms with van der Waals surface area (Å²) < 4.78 is 5.05. The van der Waals surface area contributed by atoms with E-state index in [1.807, 2.05) is 0 Å². The molecule has 0 radical (unpaired) electrons. The Bertz CT molecular complexity index is 463. The molecule has 1 heterocycles. The second-order valence-corrected chi connectivity index (χ2v) is 9.15. The van der Waals surface area contributed by atoms with Crippen molar-refractivity contribution < 1.29 is 4.57 Å². The van der Waals surface area contributed by atoms with Gasteiger partial charge in [-0.05, 0) is 25.7 Å². The molecule has 1 aromatic heterocycles. The van der Waals surface area contributed by atoms with Gasteiger partial charge in [0.15, 0.2) is 0 Å². The van der Waals surface area contributed by atoms with Gasteiger partial charge in [-0.1, -0.05) is 111 Å². The molecule has 2 nitrogen and oxygen atoms in total. The van der Waals surface area contributed by atoms with Gasteiger partial charge in [0, 0.05) is 6.42 Å². The maximum atomic E-state index is 2.55. The van der Waals surface area contributed by atoms with Crippen molar-refractivity contribution in [3.63, 3.8) is 0 Å². The molecule has 0 unspecified atom stereocenters. The Balaban J connectivity index is 2.04. The van der Waals surface area contributed by atoms with Crippen molar-refractivity contribution in [2.24, 2.45) is 0 Å². The van der Waals surface area contributed by atoms with Crippen LogP contribution in [0.1, 0.15) is 142 Å². The molecule has 0 aliphatic carbocycles. The van der Waals surface area contributed by atoms with Crippen molar-refractivity contribution in [3.05, 3.63) is 18.2 Å². The van der Waals surface area contributed by atoms with E-state index in [1.165, 1.54) is 135 Å². The lowest BCUT2D eigenvalue weighted by Crippen LogP contribution is -2.37. The monoisotopic (exact) mass is 405 g/mol. The predicted octanol–water partition coefficient (Wildman–Crippen LogP) is 8.40. The van der Waals surface area contributed by atoms with Crippen molar-refractivity contribution in [1.82, 2.24) is 4.57 Å². The van der Waals surface area contributed by atoms with Crippen LogP contribution in [0.2, 0.25) is 0 Å². The third-order valence-electron chi connectivity index (χ3n) is 6.31. The van der Waals surface area contributed by atoms with Crippen molar-refractivity contribution in [2.45, 2.75) is 156 Å². The van der Waals surface area contributed by atoms with Crippen molar-refractivity contribution in [1.29, 1.82) is 0 Å². The molecule has 29 heavy (non-hydrogen) atoms. The van der Waals surface area contributed by atoms with Crippen molar-refractivity contribution >= 4 is 0 Å². The molecule has 0 aromatic carbocycles. The highest BCUT2D eigenvalue weighted by Crippen LogP contribution is 2.13. The number of hydrogen-bond donors (Lipinski definition) is 0. The van der Waals surface area contributed by atoms with Gasteiger partial charge in [0.05, 0.1) is 13.1 Å². The number of aromatic nitrogens is 2. The van der Waals surface area contributed by atoms with Gasteiger partial charge in [-0.15, -0.1) is 0 Å². The second-order valence-electron chi connectivity index (χ2n) is 9.15. The van der Waals surface area contributed by atoms with Crippen LogP contribution in [0, 0.1) is 0 Å². The van der Waals surface area contributed by atoms with Gasteiger partial charge in [-0.25, -0.2) is 9.13 Å². The SMILES string of the molecule is CCCCCCCCCCCCCCCC[n+]1ccn(CCC)c1CCCCC. The molecule has 2 heteroatoms. The zero-order valence-corrected chi connectivity index (χ0v) is 20.4. The van der Waals surface area contributed by atoms with Crippen LogP contribution in [0.15, 0.2) is 12.4 Å². The molecule has 0 aliphatic heterocycles. The van der Waals surface area contributed by atoms with E-state index >= 15 is 0 Å². The first-order valence-corrected chi connectivity index (χ1v) is 13.4. The Morgan fingerprint density at radius 3 is 1.59 bits per heavy atom. The summed E-state index contributed by atoms with van der Waals surface area (Å²) in [6.07, 6.45) is 31.3. The van der Waals surface area contributed by atoms with Crippen LogP contribution in [0.25, 0.3) is 0 Å². The topological polar surface area (TPSA) is 8.81 Å². The quantitative estimate of drug-likeness (QED) is 0.143. The van der Waals surface area contributed by atoms with Gasteiger partial charge < -0.3 is 0 Å². The van der Waals surface area contributed by atoms with Gasteiger partial charge in [-0.3, -0.25) is 0 Å². The number of aryl methyl sites for hydroxylation is 2. The summed E-state index contributed by atoms with van der Waals surface area (Å²) in [6, 6.07) is 0. The molecule has 0 saturated carbocycles. The largest absolute Gasteiger partial charge is 0.256 e. The molecule has 0 amide bonds. The third kappa shape index (κ3) is 13.2. The minimum atomic E-state index is 1.17. The first kappa shape index (κ1) is 26.2. The van der Waals surface area contributed by atoms with Crippen molar-refractivity contribution in [2.75, 3.05) is 0 Å². The van der Waals surface area contributed by atoms with E-state index in [0.717, 1.165) is 0 Å². The van der Waals surface area contributed by atoms with Gasteiger partial charge in [-0.2, -0.15) is 0 Å². The smallest absolute Gasteiger partial charge is 0.234 e. The van der Waals surface area contributed by atoms with Crippen LogP contribution in [0.3, 0.4) is 0 Å². The second kappa shape index (κ2) is 19.2. The maximum Gasteiger partial charge on any atom is 0.256 e. The molecule has 0 N–H and O–H groups in total. The summed E-state index contributed by atoms with van der Waals surface area (Å²) in [4.78, 5) is 0. The normalized spacial score (nSPS) is 11.4. The summed E-state index contributed by atoms with van der Waals surface area (Å²) in [5.74, 6) is 1.56. The van der Waals surface area contributed by atoms with E-state index in [1.54, 1.807) is 5.82 Å². The first-order chi connectivity index (χ1) is 14.3. The van der Waals surface area contributed by atoms with Gasteiger partial charge >= 0.3 is 0 Å². The van der Waals surface area contributed by atoms with E-state index in [-0.39, 0.29) is 0 Å². The molecule has 0 fully saturated rings. The lowest BCUT2D eigenvalue weighted by molar-refractivity contribution is -0.704. The van der Waals surface area contributed by atoms with Crippen LogP contribution in [-0.4, -0.2) is 4.57 Å². The average molecular weight is 406 g/mol. The van der Waals surface area contributed by atoms with Crippen LogP contribution in [0.4, 0.5) is 0 Å². The van der Waals surface area contributed by atoms with E-state index in [0.29, 0.717) is 0 Å². The molecule has 170 valence electrons. The van der Waals surface area contributed by atoms with Crippen LogP contribution in [-0.2, 0) is 19.5 Å². The van der Waals surface area contributed by atoms with Crippen LogP contribution < -0.4 is 4.57 Å². The van der Waals surface area contributed by atoms with E-state index in [9.17, 15) is 0 Å². The molecule has 0 saturated heterocycles. The molecule has 1 rings (SSSR count). The predicted molar refractivity (Wildman–Crippen MR) is 128 cm³/mol. The molecule has 1 aromatic rings. The summed E-state index contributed by atoms with van der Waals surface area (Å²) in [5.41, 5.74) is 0. The fraction of sp³-hybridized carbons (Fsp3) is 0.889. The highest BCUT2D eigenvalue weighted by Gasteiger charge is 2.15. The van der Waals surface area contributed by atoms with Gasteiger partial charge in [0.2, 0.25) is 0 Å². The number of nitrogens with zero attached hydrogens (tertiary/aromatic N) is 2. The average Bonchev–Trinajstić information content (AvgIpc) is 3.10.